The predicted octanol–water partition coefficient (Wildman–Crippen LogP) is -0.322. The van der Waals surface area contributed by atoms with Crippen LogP contribution >= 0.6 is 0 Å². The van der Waals surface area contributed by atoms with Crippen LogP contribution in [0.25, 0.3) is 0 Å². The molecule has 1 atom stereocenters. The van der Waals surface area contributed by atoms with Gasteiger partial charge in [-0.15, -0.1) is 0 Å². The van der Waals surface area contributed by atoms with Gasteiger partial charge in [0.1, 0.15) is 5.75 Å². The van der Waals surface area contributed by atoms with Crippen LogP contribution in [0.4, 0.5) is 4.79 Å². The molecule has 1 aliphatic heterocycles. The van der Waals surface area contributed by atoms with Crippen molar-refractivity contribution in [2.75, 3.05) is 0 Å². The van der Waals surface area contributed by atoms with Crippen LogP contribution in [0.1, 0.15) is 5.56 Å². The van der Waals surface area contributed by atoms with Crippen molar-refractivity contribution in [3.8, 4) is 5.75 Å². The average molecular weight is 206 g/mol. The Morgan fingerprint density at radius 3 is 3.07 bits per heavy atom. The lowest BCUT2D eigenvalue weighted by Crippen LogP contribution is -2.54. The second kappa shape index (κ2) is 3.82. The number of nitrogens with two attached hydrogens (primary N) is 1. The van der Waals surface area contributed by atoms with Gasteiger partial charge in [-0.05, 0) is 18.1 Å². The number of para-hydroxylation sites is 1. The third-order valence-electron chi connectivity index (χ3n) is 2.33. The molecule has 4 N–H and O–H groups in total. The highest BCUT2D eigenvalue weighted by molar-refractivity contribution is 6.46. The lowest BCUT2D eigenvalue weighted by Gasteiger charge is -2.27. The maximum atomic E-state index is 10.7. The van der Waals surface area contributed by atoms with E-state index in [0.717, 1.165) is 5.56 Å². The second-order valence-electron chi connectivity index (χ2n) is 3.44. The first-order chi connectivity index (χ1) is 7.16. The minimum atomic E-state index is -1.05. The van der Waals surface area contributed by atoms with E-state index in [-0.39, 0.29) is 0 Å². The van der Waals surface area contributed by atoms with Crippen LogP contribution in [0.5, 0.6) is 5.75 Å². The van der Waals surface area contributed by atoms with Crippen molar-refractivity contribution in [2.24, 2.45) is 5.73 Å². The molecular formula is C9H11BN2O3. The van der Waals surface area contributed by atoms with Gasteiger partial charge >= 0.3 is 13.1 Å². The van der Waals surface area contributed by atoms with Crippen LogP contribution in [0.2, 0.25) is 0 Å². The van der Waals surface area contributed by atoms with Gasteiger partial charge in [0.25, 0.3) is 0 Å². The highest BCUT2D eigenvalue weighted by Gasteiger charge is 2.35. The third kappa shape index (κ3) is 2.04. The quantitative estimate of drug-likeness (QED) is 0.550. The van der Waals surface area contributed by atoms with Crippen molar-refractivity contribution in [1.82, 2.24) is 5.32 Å². The SMILES string of the molecule is NC(=O)N[C@H]1Cc2ccccc2OB1O. The number of urea groups is 1. The van der Waals surface area contributed by atoms with Gasteiger partial charge in [0.05, 0.1) is 5.94 Å². The fourth-order valence-electron chi connectivity index (χ4n) is 1.64. The summed E-state index contributed by atoms with van der Waals surface area (Å²) in [6.45, 7) is 0. The molecule has 1 aromatic rings. The van der Waals surface area contributed by atoms with Crippen molar-refractivity contribution in [3.05, 3.63) is 29.8 Å². The largest absolute Gasteiger partial charge is 0.547 e. The van der Waals surface area contributed by atoms with Crippen molar-refractivity contribution in [2.45, 2.75) is 12.4 Å². The number of hydrogen-bond donors (Lipinski definition) is 3. The van der Waals surface area contributed by atoms with Crippen LogP contribution in [-0.4, -0.2) is 24.1 Å². The molecule has 1 aliphatic rings. The number of hydrogen-bond acceptors (Lipinski definition) is 3. The smallest absolute Gasteiger partial charge is 0.535 e. The van der Waals surface area contributed by atoms with Crippen LogP contribution < -0.4 is 15.7 Å². The first-order valence-electron chi connectivity index (χ1n) is 4.65. The molecule has 1 heterocycles. The van der Waals surface area contributed by atoms with Gasteiger partial charge < -0.3 is 20.7 Å². The maximum Gasteiger partial charge on any atom is 0.547 e. The normalized spacial score (nSPS) is 19.0. The summed E-state index contributed by atoms with van der Waals surface area (Å²) < 4.78 is 5.23. The van der Waals surface area contributed by atoms with Crippen molar-refractivity contribution in [3.63, 3.8) is 0 Å². The van der Waals surface area contributed by atoms with Crippen molar-refractivity contribution in [1.29, 1.82) is 0 Å². The van der Waals surface area contributed by atoms with Crippen molar-refractivity contribution < 1.29 is 14.5 Å². The van der Waals surface area contributed by atoms with Gasteiger partial charge in [-0.2, -0.15) is 0 Å². The van der Waals surface area contributed by atoms with Crippen LogP contribution in [0.3, 0.4) is 0 Å². The molecule has 0 radical (unpaired) electrons. The Morgan fingerprint density at radius 2 is 2.33 bits per heavy atom. The molecule has 0 unspecified atom stereocenters. The summed E-state index contributed by atoms with van der Waals surface area (Å²) in [4.78, 5) is 10.7. The summed E-state index contributed by atoms with van der Waals surface area (Å²) in [6.07, 6.45) is 0.514. The number of nitrogens with one attached hydrogen (secondary N) is 1. The zero-order chi connectivity index (χ0) is 10.8. The van der Waals surface area contributed by atoms with E-state index in [2.05, 4.69) is 5.32 Å². The molecule has 0 aliphatic carbocycles. The van der Waals surface area contributed by atoms with E-state index in [1.165, 1.54) is 0 Å². The third-order valence-corrected chi connectivity index (χ3v) is 2.33. The number of primary amides is 1. The Labute approximate surface area is 87.4 Å². The zero-order valence-electron chi connectivity index (χ0n) is 8.01. The van der Waals surface area contributed by atoms with Crippen molar-refractivity contribution >= 4 is 13.1 Å². The number of carbonyl (C=O) groups is 1. The van der Waals surface area contributed by atoms with Gasteiger partial charge in [-0.3, -0.25) is 0 Å². The van der Waals surface area contributed by atoms with Gasteiger partial charge in [-0.1, -0.05) is 18.2 Å². The van der Waals surface area contributed by atoms with Gasteiger partial charge in [-0.25, -0.2) is 4.79 Å². The molecule has 0 aromatic heterocycles. The van der Waals surface area contributed by atoms with Gasteiger partial charge in [0, 0.05) is 0 Å². The summed E-state index contributed by atoms with van der Waals surface area (Å²) in [5.41, 5.74) is 5.93. The summed E-state index contributed by atoms with van der Waals surface area (Å²) in [5.74, 6) is 0.157. The van der Waals surface area contributed by atoms with Crippen LogP contribution in [-0.2, 0) is 6.42 Å². The van der Waals surface area contributed by atoms with E-state index in [4.69, 9.17) is 10.4 Å². The fourth-order valence-corrected chi connectivity index (χ4v) is 1.64. The molecule has 1 aromatic carbocycles. The Morgan fingerprint density at radius 1 is 1.60 bits per heavy atom. The van der Waals surface area contributed by atoms with E-state index in [9.17, 15) is 9.82 Å². The molecule has 0 saturated carbocycles. The molecule has 6 heteroatoms. The summed E-state index contributed by atoms with van der Waals surface area (Å²) in [7, 11) is -1.05. The molecule has 2 amide bonds. The molecule has 0 bridgehead atoms. The number of benzene rings is 1. The van der Waals surface area contributed by atoms with E-state index in [1.807, 2.05) is 18.2 Å². The van der Waals surface area contributed by atoms with E-state index in [1.54, 1.807) is 6.07 Å². The topological polar surface area (TPSA) is 84.6 Å². The summed E-state index contributed by atoms with van der Waals surface area (Å²) >= 11 is 0. The second-order valence-corrected chi connectivity index (χ2v) is 3.44. The average Bonchev–Trinajstić information content (AvgIpc) is 2.18. The Bertz CT molecular complexity index is 385. The zero-order valence-corrected chi connectivity index (χ0v) is 8.01. The number of amides is 2. The summed E-state index contributed by atoms with van der Waals surface area (Å²) in [6, 6.07) is 6.70. The number of fused-ring (bicyclic) bond motifs is 1. The highest BCUT2D eigenvalue weighted by Crippen LogP contribution is 2.24. The molecule has 0 saturated heterocycles. The molecule has 5 nitrogen and oxygen atoms in total. The Kier molecular flexibility index (Phi) is 2.51. The van der Waals surface area contributed by atoms with Gasteiger partial charge in [0.15, 0.2) is 0 Å². The standard InChI is InChI=1S/C9H11BN2O3/c11-9(13)12-8-5-6-3-1-2-4-7(6)15-10(8)14/h1-4,8,14H,5H2,(H3,11,12,13)/t8-/m0/s1. The first-order valence-corrected chi connectivity index (χ1v) is 4.65. The Hall–Kier alpha value is -1.69. The monoisotopic (exact) mass is 206 g/mol. The van der Waals surface area contributed by atoms with Gasteiger partial charge in [0.2, 0.25) is 0 Å². The lowest BCUT2D eigenvalue weighted by atomic mass is 9.73. The van der Waals surface area contributed by atoms with Crippen LogP contribution in [0, 0.1) is 0 Å². The minimum absolute atomic E-state index is 0.489. The number of carbonyl (C=O) groups excluding carboxylic acids is 1. The minimum Gasteiger partial charge on any atom is -0.535 e. The first kappa shape index (κ1) is 9.85. The van der Waals surface area contributed by atoms with Crippen LogP contribution in [0.15, 0.2) is 24.3 Å². The lowest BCUT2D eigenvalue weighted by molar-refractivity contribution is 0.244. The van der Waals surface area contributed by atoms with E-state index in [0.29, 0.717) is 12.2 Å². The molecular weight excluding hydrogens is 195 g/mol. The fraction of sp³-hybridized carbons (Fsp3) is 0.222. The maximum absolute atomic E-state index is 10.7. The number of rotatable bonds is 1. The predicted molar refractivity (Wildman–Crippen MR) is 55.3 cm³/mol. The Balaban J connectivity index is 2.18. The molecule has 0 spiro atoms. The molecule has 2 rings (SSSR count). The van der Waals surface area contributed by atoms with E-state index >= 15 is 0 Å². The van der Waals surface area contributed by atoms with E-state index < -0.39 is 19.1 Å². The summed E-state index contributed by atoms with van der Waals surface area (Å²) in [5, 5.41) is 12.0. The highest BCUT2D eigenvalue weighted by atomic mass is 16.5. The molecule has 78 valence electrons. The molecule has 15 heavy (non-hydrogen) atoms. The molecule has 0 fully saturated rings.